The molecule has 0 aliphatic rings. The maximum absolute atomic E-state index is 9.70. The fourth-order valence-corrected chi connectivity index (χ4v) is 0.684. The predicted octanol–water partition coefficient (Wildman–Crippen LogP) is 1.30. The Balaban J connectivity index is 0. The van der Waals surface area contributed by atoms with Crippen molar-refractivity contribution in [3.05, 3.63) is 0 Å². The van der Waals surface area contributed by atoms with E-state index in [9.17, 15) is 9.90 Å². The van der Waals surface area contributed by atoms with Gasteiger partial charge in [0.2, 0.25) is 0 Å². The van der Waals surface area contributed by atoms with Gasteiger partial charge in [-0.05, 0) is 6.42 Å². The van der Waals surface area contributed by atoms with Gasteiger partial charge >= 0.3 is 0 Å². The van der Waals surface area contributed by atoms with Crippen molar-refractivity contribution in [2.45, 2.75) is 32.6 Å². The first-order valence-electron chi connectivity index (χ1n) is 3.61. The quantitative estimate of drug-likeness (QED) is 0.489. The molecular weight excluding hydrogens is 146 g/mol. The number of hydrogen-bond donors (Lipinski definition) is 1. The highest BCUT2D eigenvalue weighted by molar-refractivity contribution is 5.53. The number of carbonyl (C=O) groups excluding carboxylic acids is 1. The SMILES string of the molecule is CCCCCCOC(=O)[O-].[NH4+]. The normalized spacial score (nSPS) is 8.45. The van der Waals surface area contributed by atoms with Gasteiger partial charge in [-0.1, -0.05) is 26.2 Å². The summed E-state index contributed by atoms with van der Waals surface area (Å²) in [6.45, 7) is 2.38. The van der Waals surface area contributed by atoms with Crippen LogP contribution in [-0.4, -0.2) is 12.8 Å². The molecule has 0 heterocycles. The summed E-state index contributed by atoms with van der Waals surface area (Å²) in [6.07, 6.45) is 2.70. The van der Waals surface area contributed by atoms with Crippen molar-refractivity contribution in [2.75, 3.05) is 6.61 Å². The second-order valence-corrected chi connectivity index (χ2v) is 2.16. The van der Waals surface area contributed by atoms with Crippen LogP contribution in [0.4, 0.5) is 4.79 Å². The van der Waals surface area contributed by atoms with E-state index in [4.69, 9.17) is 0 Å². The van der Waals surface area contributed by atoms with E-state index in [0.717, 1.165) is 25.7 Å². The standard InChI is InChI=1S/C7H14O3.H3N/c1-2-3-4-5-6-10-7(8)9;/h2-6H2,1H3,(H,8,9);1H3. The molecule has 4 N–H and O–H groups in total. The minimum Gasteiger partial charge on any atom is -0.550 e. The van der Waals surface area contributed by atoms with Crippen molar-refractivity contribution in [3.63, 3.8) is 0 Å². The molecular formula is C7H17NO3. The second-order valence-electron chi connectivity index (χ2n) is 2.16. The molecule has 0 rings (SSSR count). The van der Waals surface area contributed by atoms with Crippen molar-refractivity contribution in [2.24, 2.45) is 0 Å². The highest BCUT2D eigenvalue weighted by Crippen LogP contribution is 1.98. The monoisotopic (exact) mass is 163 g/mol. The summed E-state index contributed by atoms with van der Waals surface area (Å²) >= 11 is 0. The molecule has 0 aromatic carbocycles. The van der Waals surface area contributed by atoms with Gasteiger partial charge in [0.25, 0.3) is 6.16 Å². The Hall–Kier alpha value is -0.770. The zero-order valence-corrected chi connectivity index (χ0v) is 7.26. The van der Waals surface area contributed by atoms with E-state index in [1.807, 2.05) is 0 Å². The van der Waals surface area contributed by atoms with Crippen molar-refractivity contribution >= 4 is 6.16 Å². The average molecular weight is 163 g/mol. The summed E-state index contributed by atoms with van der Waals surface area (Å²) in [7, 11) is 0. The summed E-state index contributed by atoms with van der Waals surface area (Å²) in [4.78, 5) is 9.70. The van der Waals surface area contributed by atoms with E-state index in [2.05, 4.69) is 11.7 Å². The lowest BCUT2D eigenvalue weighted by atomic mass is 10.2. The van der Waals surface area contributed by atoms with Gasteiger partial charge in [-0.15, -0.1) is 0 Å². The number of quaternary nitrogens is 1. The zero-order chi connectivity index (χ0) is 7.82. The molecule has 0 aromatic rings. The number of carboxylic acid groups (broad SMARTS) is 1. The van der Waals surface area contributed by atoms with E-state index in [1.165, 1.54) is 0 Å². The highest BCUT2D eigenvalue weighted by Gasteiger charge is 1.85. The first kappa shape index (κ1) is 12.9. The van der Waals surface area contributed by atoms with Crippen molar-refractivity contribution in [1.82, 2.24) is 6.15 Å². The third-order valence-corrected chi connectivity index (χ3v) is 1.22. The Morgan fingerprint density at radius 1 is 1.36 bits per heavy atom. The van der Waals surface area contributed by atoms with Crippen LogP contribution in [0.3, 0.4) is 0 Å². The van der Waals surface area contributed by atoms with Crippen LogP contribution < -0.4 is 11.3 Å². The Bertz CT molecular complexity index is 95.7. The van der Waals surface area contributed by atoms with Crippen molar-refractivity contribution in [1.29, 1.82) is 0 Å². The molecule has 0 saturated heterocycles. The summed E-state index contributed by atoms with van der Waals surface area (Å²) in [6, 6.07) is 0. The zero-order valence-electron chi connectivity index (χ0n) is 7.26. The second kappa shape index (κ2) is 9.23. The molecule has 0 radical (unpaired) electrons. The Morgan fingerprint density at radius 3 is 2.45 bits per heavy atom. The van der Waals surface area contributed by atoms with Gasteiger partial charge in [0.05, 0.1) is 0 Å². The van der Waals surface area contributed by atoms with Crippen LogP contribution in [0.1, 0.15) is 32.6 Å². The molecule has 0 fully saturated rings. The van der Waals surface area contributed by atoms with Gasteiger partial charge < -0.3 is 20.8 Å². The van der Waals surface area contributed by atoms with Gasteiger partial charge in [0.1, 0.15) is 0 Å². The molecule has 4 nitrogen and oxygen atoms in total. The van der Waals surface area contributed by atoms with E-state index in [0.29, 0.717) is 0 Å². The van der Waals surface area contributed by atoms with Crippen LogP contribution in [0.25, 0.3) is 0 Å². The fourth-order valence-electron chi connectivity index (χ4n) is 0.684. The largest absolute Gasteiger partial charge is 0.550 e. The van der Waals surface area contributed by atoms with E-state index in [1.54, 1.807) is 0 Å². The predicted molar refractivity (Wildman–Crippen MR) is 41.5 cm³/mol. The first-order valence-corrected chi connectivity index (χ1v) is 3.61. The third-order valence-electron chi connectivity index (χ3n) is 1.22. The lowest BCUT2D eigenvalue weighted by Gasteiger charge is -2.06. The maximum atomic E-state index is 9.70. The Kier molecular flexibility index (Phi) is 10.8. The summed E-state index contributed by atoms with van der Waals surface area (Å²) in [5.41, 5.74) is 0. The minimum atomic E-state index is -1.42. The highest BCUT2D eigenvalue weighted by atomic mass is 16.7. The average Bonchev–Trinajstić information content (AvgIpc) is 1.87. The van der Waals surface area contributed by atoms with E-state index in [-0.39, 0.29) is 12.8 Å². The molecule has 0 atom stereocenters. The van der Waals surface area contributed by atoms with Crippen molar-refractivity contribution < 1.29 is 14.6 Å². The first-order chi connectivity index (χ1) is 4.77. The van der Waals surface area contributed by atoms with Gasteiger partial charge in [-0.2, -0.15) is 0 Å². The lowest BCUT2D eigenvalue weighted by Crippen LogP contribution is -2.23. The molecule has 0 saturated carbocycles. The third kappa shape index (κ3) is 12.4. The van der Waals surface area contributed by atoms with Crippen LogP contribution in [-0.2, 0) is 4.74 Å². The van der Waals surface area contributed by atoms with Crippen molar-refractivity contribution in [3.8, 4) is 0 Å². The van der Waals surface area contributed by atoms with Crippen LogP contribution in [0.5, 0.6) is 0 Å². The van der Waals surface area contributed by atoms with E-state index < -0.39 is 6.16 Å². The smallest absolute Gasteiger partial charge is 0.251 e. The number of unbranched alkanes of at least 4 members (excludes halogenated alkanes) is 3. The molecule has 4 heteroatoms. The molecule has 0 amide bonds. The number of rotatable bonds is 5. The van der Waals surface area contributed by atoms with Gasteiger partial charge in [-0.25, -0.2) is 0 Å². The fraction of sp³-hybridized carbons (Fsp3) is 0.857. The number of carbonyl (C=O) groups is 1. The summed E-state index contributed by atoms with van der Waals surface area (Å²) in [5.74, 6) is 0. The van der Waals surface area contributed by atoms with Gasteiger partial charge in [-0.3, -0.25) is 0 Å². The molecule has 0 aromatic heterocycles. The molecule has 0 spiro atoms. The van der Waals surface area contributed by atoms with Gasteiger partial charge in [0.15, 0.2) is 0 Å². The Labute approximate surface area is 67.1 Å². The van der Waals surface area contributed by atoms with Crippen LogP contribution in [0.15, 0.2) is 0 Å². The molecule has 11 heavy (non-hydrogen) atoms. The molecule has 0 unspecified atom stereocenters. The summed E-state index contributed by atoms with van der Waals surface area (Å²) in [5, 5.41) is 9.70. The molecule has 68 valence electrons. The maximum Gasteiger partial charge on any atom is 0.251 e. The van der Waals surface area contributed by atoms with Crippen LogP contribution in [0, 0.1) is 0 Å². The molecule has 0 bridgehead atoms. The molecule has 0 aliphatic carbocycles. The van der Waals surface area contributed by atoms with Gasteiger partial charge in [0, 0.05) is 6.61 Å². The molecule has 0 aliphatic heterocycles. The van der Waals surface area contributed by atoms with Crippen LogP contribution in [0.2, 0.25) is 0 Å². The van der Waals surface area contributed by atoms with Crippen LogP contribution >= 0.6 is 0 Å². The Morgan fingerprint density at radius 2 is 2.00 bits per heavy atom. The van der Waals surface area contributed by atoms with E-state index >= 15 is 0 Å². The summed E-state index contributed by atoms with van der Waals surface area (Å²) < 4.78 is 4.19. The lowest BCUT2D eigenvalue weighted by molar-refractivity contribution is -0.282. The number of hydrogen-bond acceptors (Lipinski definition) is 3. The minimum absolute atomic E-state index is 0. The topological polar surface area (TPSA) is 85.9 Å². The number of ether oxygens (including phenoxy) is 1.